The number of benzene rings is 1. The van der Waals surface area contributed by atoms with Gasteiger partial charge in [0.25, 0.3) is 5.91 Å². The topological polar surface area (TPSA) is 64.3 Å². The van der Waals surface area contributed by atoms with Gasteiger partial charge in [-0.05, 0) is 32.0 Å². The Kier molecular flexibility index (Phi) is 4.96. The van der Waals surface area contributed by atoms with E-state index >= 15 is 0 Å². The van der Waals surface area contributed by atoms with Crippen molar-refractivity contribution in [3.8, 4) is 5.75 Å². The van der Waals surface area contributed by atoms with Crippen LogP contribution in [-0.2, 0) is 4.79 Å². The van der Waals surface area contributed by atoms with Crippen LogP contribution in [0.15, 0.2) is 28.7 Å². The molecule has 0 fully saturated rings. The largest absolute Gasteiger partial charge is 0.484 e. The Morgan fingerprint density at radius 3 is 2.82 bits per heavy atom. The van der Waals surface area contributed by atoms with Crippen LogP contribution in [0.5, 0.6) is 5.75 Å². The predicted octanol–water partition coefficient (Wildman–Crippen LogP) is 1.68. The average Bonchev–Trinajstić information content (AvgIpc) is 2.23. The van der Waals surface area contributed by atoms with Gasteiger partial charge in [-0.1, -0.05) is 22.0 Å². The molecule has 0 aliphatic carbocycles. The molecule has 0 bridgehead atoms. The van der Waals surface area contributed by atoms with Gasteiger partial charge in [0.15, 0.2) is 6.61 Å². The number of carbonyl (C=O) groups is 1. The second-order valence-electron chi connectivity index (χ2n) is 4.51. The molecular weight excluding hydrogens is 284 g/mol. The molecule has 0 saturated carbocycles. The van der Waals surface area contributed by atoms with Gasteiger partial charge in [0.2, 0.25) is 0 Å². The first-order valence-corrected chi connectivity index (χ1v) is 6.10. The van der Waals surface area contributed by atoms with E-state index in [2.05, 4.69) is 21.2 Å². The molecule has 0 saturated heterocycles. The number of rotatable bonds is 5. The predicted molar refractivity (Wildman–Crippen MR) is 70.9 cm³/mol. The Labute approximate surface area is 110 Å². The normalized spacial score (nSPS) is 11.1. The highest BCUT2D eigenvalue weighted by Gasteiger charge is 2.12. The summed E-state index contributed by atoms with van der Waals surface area (Å²) >= 11 is 3.33. The fourth-order valence-corrected chi connectivity index (χ4v) is 1.46. The molecule has 0 aromatic heterocycles. The number of ether oxygens (including phenoxy) is 1. The van der Waals surface area contributed by atoms with Crippen molar-refractivity contribution in [1.82, 2.24) is 5.32 Å². The van der Waals surface area contributed by atoms with Gasteiger partial charge in [-0.15, -0.1) is 0 Å². The van der Waals surface area contributed by atoms with Gasteiger partial charge in [-0.25, -0.2) is 0 Å². The maximum absolute atomic E-state index is 11.4. The summed E-state index contributed by atoms with van der Waals surface area (Å²) in [6.45, 7) is 4.12. The molecule has 0 spiro atoms. The van der Waals surface area contributed by atoms with E-state index < -0.39 is 5.54 Å². The van der Waals surface area contributed by atoms with Gasteiger partial charge in [0.1, 0.15) is 5.75 Å². The maximum atomic E-state index is 11.4. The molecular formula is C12H17BrN2O2. The van der Waals surface area contributed by atoms with Crippen LogP contribution in [0.3, 0.4) is 0 Å². The highest BCUT2D eigenvalue weighted by Crippen LogP contribution is 2.17. The van der Waals surface area contributed by atoms with Crippen molar-refractivity contribution in [1.29, 1.82) is 0 Å². The zero-order chi connectivity index (χ0) is 12.9. The summed E-state index contributed by atoms with van der Waals surface area (Å²) in [4.78, 5) is 11.4. The number of amides is 1. The molecule has 1 rings (SSSR count). The summed E-state index contributed by atoms with van der Waals surface area (Å²) in [6.07, 6.45) is 0. The molecule has 1 aromatic rings. The Hall–Kier alpha value is -1.07. The standard InChI is InChI=1S/C12H17BrN2O2/c1-12(2,14)8-15-11(16)7-17-10-5-3-4-9(13)6-10/h3-6H,7-8,14H2,1-2H3,(H,15,16). The first kappa shape index (κ1) is 14.0. The van der Waals surface area contributed by atoms with Crippen molar-refractivity contribution in [2.75, 3.05) is 13.2 Å². The van der Waals surface area contributed by atoms with E-state index in [9.17, 15) is 4.79 Å². The fourth-order valence-electron chi connectivity index (χ4n) is 1.08. The molecule has 0 atom stereocenters. The molecule has 0 heterocycles. The van der Waals surface area contributed by atoms with Gasteiger partial charge in [-0.3, -0.25) is 4.79 Å². The molecule has 3 N–H and O–H groups in total. The zero-order valence-electron chi connectivity index (χ0n) is 10.00. The number of hydrogen-bond acceptors (Lipinski definition) is 3. The van der Waals surface area contributed by atoms with Crippen LogP contribution in [0.2, 0.25) is 0 Å². The molecule has 1 aromatic carbocycles. The van der Waals surface area contributed by atoms with Gasteiger partial charge >= 0.3 is 0 Å². The van der Waals surface area contributed by atoms with Crippen LogP contribution in [-0.4, -0.2) is 24.6 Å². The quantitative estimate of drug-likeness (QED) is 0.869. The van der Waals surface area contributed by atoms with Crippen molar-refractivity contribution in [3.63, 3.8) is 0 Å². The molecule has 4 nitrogen and oxygen atoms in total. The van der Waals surface area contributed by atoms with E-state index in [-0.39, 0.29) is 12.5 Å². The Morgan fingerprint density at radius 2 is 2.24 bits per heavy atom. The Morgan fingerprint density at radius 1 is 1.53 bits per heavy atom. The third kappa shape index (κ3) is 6.28. The molecule has 94 valence electrons. The molecule has 0 unspecified atom stereocenters. The molecule has 5 heteroatoms. The van der Waals surface area contributed by atoms with Gasteiger partial charge in [0.05, 0.1) is 0 Å². The minimum Gasteiger partial charge on any atom is -0.484 e. The smallest absolute Gasteiger partial charge is 0.258 e. The maximum Gasteiger partial charge on any atom is 0.258 e. The molecule has 0 aliphatic rings. The summed E-state index contributed by atoms with van der Waals surface area (Å²) in [5, 5.41) is 2.71. The lowest BCUT2D eigenvalue weighted by molar-refractivity contribution is -0.123. The molecule has 0 radical (unpaired) electrons. The average molecular weight is 301 g/mol. The molecule has 1 amide bonds. The number of halogens is 1. The summed E-state index contributed by atoms with van der Waals surface area (Å²) in [5.74, 6) is 0.477. The first-order valence-electron chi connectivity index (χ1n) is 5.31. The van der Waals surface area contributed by atoms with Crippen molar-refractivity contribution in [2.45, 2.75) is 19.4 Å². The number of hydrogen-bond donors (Lipinski definition) is 2. The highest BCUT2D eigenvalue weighted by atomic mass is 79.9. The summed E-state index contributed by atoms with van der Waals surface area (Å²) < 4.78 is 6.25. The van der Waals surface area contributed by atoms with E-state index in [1.54, 1.807) is 12.1 Å². The lowest BCUT2D eigenvalue weighted by Crippen LogP contribution is -2.46. The summed E-state index contributed by atoms with van der Waals surface area (Å²) in [6, 6.07) is 7.34. The molecule has 17 heavy (non-hydrogen) atoms. The lowest BCUT2D eigenvalue weighted by Gasteiger charge is -2.18. The molecule has 0 aliphatic heterocycles. The number of carbonyl (C=O) groups excluding carboxylic acids is 1. The zero-order valence-corrected chi connectivity index (χ0v) is 11.6. The fraction of sp³-hybridized carbons (Fsp3) is 0.417. The second kappa shape index (κ2) is 6.02. The number of nitrogens with one attached hydrogen (secondary N) is 1. The van der Waals surface area contributed by atoms with Crippen molar-refractivity contribution < 1.29 is 9.53 Å². The van der Waals surface area contributed by atoms with Crippen molar-refractivity contribution in [3.05, 3.63) is 28.7 Å². The van der Waals surface area contributed by atoms with Crippen molar-refractivity contribution in [2.24, 2.45) is 5.73 Å². The van der Waals surface area contributed by atoms with Crippen LogP contribution in [0, 0.1) is 0 Å². The Balaban J connectivity index is 2.33. The van der Waals surface area contributed by atoms with Crippen LogP contribution < -0.4 is 15.8 Å². The van der Waals surface area contributed by atoms with E-state index in [1.807, 2.05) is 26.0 Å². The van der Waals surface area contributed by atoms with Crippen LogP contribution >= 0.6 is 15.9 Å². The first-order chi connectivity index (χ1) is 7.87. The van der Waals surface area contributed by atoms with E-state index in [1.165, 1.54) is 0 Å². The van der Waals surface area contributed by atoms with E-state index in [0.717, 1.165) is 4.47 Å². The van der Waals surface area contributed by atoms with E-state index in [0.29, 0.717) is 12.3 Å². The van der Waals surface area contributed by atoms with Crippen LogP contribution in [0.25, 0.3) is 0 Å². The summed E-state index contributed by atoms with van der Waals surface area (Å²) in [7, 11) is 0. The van der Waals surface area contributed by atoms with Gasteiger partial charge in [0, 0.05) is 16.6 Å². The minimum atomic E-state index is -0.411. The van der Waals surface area contributed by atoms with Crippen LogP contribution in [0.4, 0.5) is 0 Å². The lowest BCUT2D eigenvalue weighted by atomic mass is 10.1. The number of nitrogens with two attached hydrogens (primary N) is 1. The van der Waals surface area contributed by atoms with E-state index in [4.69, 9.17) is 10.5 Å². The summed E-state index contributed by atoms with van der Waals surface area (Å²) in [5.41, 5.74) is 5.34. The third-order valence-electron chi connectivity index (χ3n) is 1.91. The second-order valence-corrected chi connectivity index (χ2v) is 5.43. The van der Waals surface area contributed by atoms with Gasteiger partial charge in [-0.2, -0.15) is 0 Å². The highest BCUT2D eigenvalue weighted by molar-refractivity contribution is 9.10. The minimum absolute atomic E-state index is 0.00741. The van der Waals surface area contributed by atoms with Crippen LogP contribution in [0.1, 0.15) is 13.8 Å². The SMILES string of the molecule is CC(C)(N)CNC(=O)COc1cccc(Br)c1. The Bertz CT molecular complexity index is 388. The van der Waals surface area contributed by atoms with Gasteiger partial charge < -0.3 is 15.8 Å². The third-order valence-corrected chi connectivity index (χ3v) is 2.40. The monoisotopic (exact) mass is 300 g/mol. The van der Waals surface area contributed by atoms with Crippen molar-refractivity contribution >= 4 is 21.8 Å².